The van der Waals surface area contributed by atoms with Gasteiger partial charge in [0.05, 0.1) is 0 Å². The second kappa shape index (κ2) is 4.64. The third-order valence-electron chi connectivity index (χ3n) is 4.09. The van der Waals surface area contributed by atoms with Crippen LogP contribution in [0.3, 0.4) is 0 Å². The lowest BCUT2D eigenvalue weighted by atomic mass is 10.1. The van der Waals surface area contributed by atoms with E-state index in [-0.39, 0.29) is 0 Å². The molecule has 0 amide bonds. The number of hydrogen-bond donors (Lipinski definition) is 1. The lowest BCUT2D eigenvalue weighted by molar-refractivity contribution is 0.199. The van der Waals surface area contributed by atoms with Crippen molar-refractivity contribution in [2.24, 2.45) is 5.41 Å². The van der Waals surface area contributed by atoms with Crippen molar-refractivity contribution in [1.29, 1.82) is 0 Å². The summed E-state index contributed by atoms with van der Waals surface area (Å²) in [4.78, 5) is 5.03. The molecule has 3 heteroatoms. The Morgan fingerprint density at radius 3 is 2.67 bits per heavy atom. The monoisotopic (exact) mass is 228 g/mol. The first kappa shape index (κ1) is 11.7. The van der Waals surface area contributed by atoms with Crippen LogP contribution in [0, 0.1) is 5.41 Å². The third-order valence-corrected chi connectivity index (χ3v) is 4.76. The topological polar surface area (TPSA) is 6.48 Å². The predicted molar refractivity (Wildman–Crippen MR) is 68.7 cm³/mol. The first-order valence-corrected chi connectivity index (χ1v) is 6.78. The van der Waals surface area contributed by atoms with E-state index in [0.29, 0.717) is 5.41 Å². The van der Waals surface area contributed by atoms with Gasteiger partial charge in [0.25, 0.3) is 0 Å². The molecule has 2 nitrogen and oxygen atoms in total. The molecule has 0 aromatic carbocycles. The van der Waals surface area contributed by atoms with E-state index in [0.717, 1.165) is 11.8 Å². The molecule has 1 saturated carbocycles. The Labute approximate surface area is 99.4 Å². The lowest BCUT2D eigenvalue weighted by Crippen LogP contribution is -2.39. The van der Waals surface area contributed by atoms with Crippen LogP contribution >= 0.6 is 12.6 Å². The van der Waals surface area contributed by atoms with Crippen LogP contribution in [0.5, 0.6) is 0 Å². The van der Waals surface area contributed by atoms with Crippen molar-refractivity contribution in [3.8, 4) is 0 Å². The molecule has 1 unspecified atom stereocenters. The van der Waals surface area contributed by atoms with E-state index in [1.165, 1.54) is 45.3 Å². The maximum atomic E-state index is 4.47. The number of nitrogens with zero attached hydrogens (tertiary/aromatic N) is 2. The van der Waals surface area contributed by atoms with Gasteiger partial charge in [-0.25, -0.2) is 0 Å². The highest BCUT2D eigenvalue weighted by Gasteiger charge is 2.42. The number of likely N-dealkylation sites (tertiary alicyclic amines) is 1. The summed E-state index contributed by atoms with van der Waals surface area (Å²) in [5, 5.41) is 0. The summed E-state index contributed by atoms with van der Waals surface area (Å²) < 4.78 is 0. The number of rotatable bonds is 5. The average Bonchev–Trinajstić information content (AvgIpc) is 2.86. The molecule has 0 radical (unpaired) electrons. The molecule has 15 heavy (non-hydrogen) atoms. The average molecular weight is 228 g/mol. The molecule has 88 valence electrons. The van der Waals surface area contributed by atoms with Gasteiger partial charge in [-0.15, -0.1) is 0 Å². The van der Waals surface area contributed by atoms with E-state index < -0.39 is 0 Å². The summed E-state index contributed by atoms with van der Waals surface area (Å²) in [6, 6.07) is 0.797. The van der Waals surface area contributed by atoms with E-state index in [4.69, 9.17) is 0 Å². The molecule has 1 saturated heterocycles. The molecule has 1 heterocycles. The van der Waals surface area contributed by atoms with Crippen LogP contribution in [0.25, 0.3) is 0 Å². The summed E-state index contributed by atoms with van der Waals surface area (Å²) >= 11 is 4.47. The van der Waals surface area contributed by atoms with E-state index >= 15 is 0 Å². The number of hydrogen-bond acceptors (Lipinski definition) is 3. The number of thiol groups is 1. The van der Waals surface area contributed by atoms with Crippen molar-refractivity contribution in [3.63, 3.8) is 0 Å². The van der Waals surface area contributed by atoms with Crippen molar-refractivity contribution >= 4 is 12.6 Å². The van der Waals surface area contributed by atoms with Crippen LogP contribution in [-0.4, -0.2) is 55.3 Å². The maximum Gasteiger partial charge on any atom is 0.0220 e. The molecule has 1 atom stereocenters. The molecular weight excluding hydrogens is 204 g/mol. The molecule has 0 bridgehead atoms. The van der Waals surface area contributed by atoms with Gasteiger partial charge in [0.15, 0.2) is 0 Å². The van der Waals surface area contributed by atoms with Gasteiger partial charge in [0, 0.05) is 19.1 Å². The Kier molecular flexibility index (Phi) is 3.63. The van der Waals surface area contributed by atoms with Crippen molar-refractivity contribution in [3.05, 3.63) is 0 Å². The molecule has 2 fully saturated rings. The number of likely N-dealkylation sites (N-methyl/N-ethyl adjacent to an activating group) is 2. The fourth-order valence-electron chi connectivity index (χ4n) is 2.75. The summed E-state index contributed by atoms with van der Waals surface area (Å²) in [7, 11) is 4.53. The molecule has 0 aromatic rings. The van der Waals surface area contributed by atoms with Gasteiger partial charge < -0.3 is 9.80 Å². The molecule has 1 aliphatic carbocycles. The van der Waals surface area contributed by atoms with Crippen molar-refractivity contribution < 1.29 is 0 Å². The van der Waals surface area contributed by atoms with Gasteiger partial charge in [0.2, 0.25) is 0 Å². The van der Waals surface area contributed by atoms with Crippen molar-refractivity contribution in [2.45, 2.75) is 31.7 Å². The van der Waals surface area contributed by atoms with E-state index in [9.17, 15) is 0 Å². The minimum atomic E-state index is 0.578. The zero-order chi connectivity index (χ0) is 10.9. The smallest absolute Gasteiger partial charge is 0.0220 e. The van der Waals surface area contributed by atoms with E-state index in [1.54, 1.807) is 0 Å². The van der Waals surface area contributed by atoms with Gasteiger partial charge in [-0.2, -0.15) is 12.6 Å². The zero-order valence-corrected chi connectivity index (χ0v) is 11.0. The molecule has 2 rings (SSSR count). The molecule has 0 aromatic heterocycles. The summed E-state index contributed by atoms with van der Waals surface area (Å²) in [5.74, 6) is 1.07. The highest BCUT2D eigenvalue weighted by atomic mass is 32.1. The Balaban J connectivity index is 1.74. The van der Waals surface area contributed by atoms with E-state index in [1.807, 2.05) is 0 Å². The summed E-state index contributed by atoms with van der Waals surface area (Å²) in [6.45, 7) is 3.78. The predicted octanol–water partition coefficient (Wildman–Crippen LogP) is 1.72. The van der Waals surface area contributed by atoms with Gasteiger partial charge in [0.1, 0.15) is 0 Å². The van der Waals surface area contributed by atoms with Crippen LogP contribution in [0.1, 0.15) is 25.7 Å². The molecule has 1 aliphatic heterocycles. The van der Waals surface area contributed by atoms with Crippen LogP contribution in [0.4, 0.5) is 0 Å². The van der Waals surface area contributed by atoms with Crippen LogP contribution in [0.2, 0.25) is 0 Å². The minimum absolute atomic E-state index is 0.578. The van der Waals surface area contributed by atoms with Crippen LogP contribution < -0.4 is 0 Å². The molecule has 2 aliphatic rings. The fraction of sp³-hybridized carbons (Fsp3) is 1.00. The normalized spacial score (nSPS) is 30.0. The highest BCUT2D eigenvalue weighted by molar-refractivity contribution is 7.80. The van der Waals surface area contributed by atoms with Crippen LogP contribution in [0.15, 0.2) is 0 Å². The van der Waals surface area contributed by atoms with Crippen molar-refractivity contribution in [2.75, 3.05) is 39.5 Å². The Bertz CT molecular complexity index is 216. The largest absolute Gasteiger partial charge is 0.304 e. The fourth-order valence-corrected chi connectivity index (χ4v) is 3.17. The van der Waals surface area contributed by atoms with Gasteiger partial charge in [-0.05, 0) is 57.5 Å². The Morgan fingerprint density at radius 1 is 1.47 bits per heavy atom. The first-order chi connectivity index (χ1) is 7.15. The first-order valence-electron chi connectivity index (χ1n) is 6.15. The highest BCUT2D eigenvalue weighted by Crippen LogP contribution is 2.46. The quantitative estimate of drug-likeness (QED) is 0.716. The molecular formula is C12H24N2S. The Morgan fingerprint density at radius 2 is 2.20 bits per heavy atom. The van der Waals surface area contributed by atoms with Crippen LogP contribution in [-0.2, 0) is 0 Å². The standard InChI is InChI=1S/C12H24N2S/c1-13(9-12(10-15)5-6-12)8-11-4-3-7-14(11)2/h11,15H,3-10H2,1-2H3. The van der Waals surface area contributed by atoms with Gasteiger partial charge in [-0.3, -0.25) is 0 Å². The summed E-state index contributed by atoms with van der Waals surface area (Å²) in [6.07, 6.45) is 5.55. The minimum Gasteiger partial charge on any atom is -0.304 e. The maximum absolute atomic E-state index is 4.47. The zero-order valence-electron chi connectivity index (χ0n) is 10.1. The van der Waals surface area contributed by atoms with Gasteiger partial charge in [-0.1, -0.05) is 0 Å². The lowest BCUT2D eigenvalue weighted by Gasteiger charge is -2.28. The van der Waals surface area contributed by atoms with Gasteiger partial charge >= 0.3 is 0 Å². The SMILES string of the molecule is CN(CC1CCCN1C)CC1(CS)CC1. The third kappa shape index (κ3) is 2.89. The Hall–Kier alpha value is 0.270. The summed E-state index contributed by atoms with van der Waals surface area (Å²) in [5.41, 5.74) is 0.578. The van der Waals surface area contributed by atoms with Crippen molar-refractivity contribution in [1.82, 2.24) is 9.80 Å². The second-order valence-electron chi connectivity index (χ2n) is 5.63. The second-order valence-corrected chi connectivity index (χ2v) is 5.95. The molecule has 0 spiro atoms. The molecule has 0 N–H and O–H groups in total. The van der Waals surface area contributed by atoms with E-state index in [2.05, 4.69) is 36.5 Å².